The Hall–Kier alpha value is -2.63. The molecule has 2 N–H and O–H groups in total. The van der Waals surface area contributed by atoms with Crippen molar-refractivity contribution in [1.82, 2.24) is 19.9 Å². The minimum atomic E-state index is 0.454. The zero-order chi connectivity index (χ0) is 12.5. The fraction of sp³-hybridized carbons (Fsp3) is 0.0833. The minimum absolute atomic E-state index is 0.454. The van der Waals surface area contributed by atoms with Crippen molar-refractivity contribution < 1.29 is 4.52 Å². The van der Waals surface area contributed by atoms with Gasteiger partial charge in [-0.2, -0.15) is 10.1 Å². The number of hydrogen-bond acceptors (Lipinski definition) is 5. The van der Waals surface area contributed by atoms with E-state index in [1.807, 2.05) is 25.4 Å². The smallest absolute Gasteiger partial charge is 0.261 e. The van der Waals surface area contributed by atoms with E-state index in [1.54, 1.807) is 23.0 Å². The molecule has 2 aromatic heterocycles. The first-order chi connectivity index (χ1) is 8.72. The van der Waals surface area contributed by atoms with Crippen LogP contribution in [0.25, 0.3) is 22.8 Å². The SMILES string of the molecule is Cn1cc(-c2nc(-c3ccc(N)cc3)no2)cn1. The summed E-state index contributed by atoms with van der Waals surface area (Å²) >= 11 is 0. The van der Waals surface area contributed by atoms with Crippen LogP contribution in [0, 0.1) is 0 Å². The highest BCUT2D eigenvalue weighted by Gasteiger charge is 2.11. The van der Waals surface area contributed by atoms with Crippen LogP contribution in [0.5, 0.6) is 0 Å². The van der Waals surface area contributed by atoms with Gasteiger partial charge < -0.3 is 10.3 Å². The van der Waals surface area contributed by atoms with Crippen molar-refractivity contribution in [2.24, 2.45) is 7.05 Å². The van der Waals surface area contributed by atoms with Crippen molar-refractivity contribution >= 4 is 5.69 Å². The largest absolute Gasteiger partial charge is 0.399 e. The summed E-state index contributed by atoms with van der Waals surface area (Å²) < 4.78 is 6.89. The quantitative estimate of drug-likeness (QED) is 0.691. The second kappa shape index (κ2) is 3.99. The molecule has 0 aliphatic heterocycles. The van der Waals surface area contributed by atoms with Gasteiger partial charge in [0.05, 0.1) is 11.8 Å². The Morgan fingerprint density at radius 1 is 1.17 bits per heavy atom. The molecule has 2 heterocycles. The molecule has 3 aromatic rings. The van der Waals surface area contributed by atoms with Crippen LogP contribution in [0.15, 0.2) is 41.2 Å². The molecule has 6 heteroatoms. The zero-order valence-corrected chi connectivity index (χ0v) is 9.74. The molecule has 90 valence electrons. The summed E-state index contributed by atoms with van der Waals surface area (Å²) in [6.07, 6.45) is 3.50. The van der Waals surface area contributed by atoms with Crippen LogP contribution in [-0.2, 0) is 7.05 Å². The molecule has 0 saturated heterocycles. The molecular weight excluding hydrogens is 230 g/mol. The molecular formula is C12H11N5O. The average Bonchev–Trinajstić information content (AvgIpc) is 2.98. The van der Waals surface area contributed by atoms with Gasteiger partial charge in [-0.1, -0.05) is 5.16 Å². The Bertz CT molecular complexity index is 668. The number of nitrogen functional groups attached to an aromatic ring is 1. The van der Waals surface area contributed by atoms with Crippen molar-refractivity contribution in [2.45, 2.75) is 0 Å². The number of rotatable bonds is 2. The normalized spacial score (nSPS) is 10.7. The zero-order valence-electron chi connectivity index (χ0n) is 9.74. The third-order valence-electron chi connectivity index (χ3n) is 2.55. The Kier molecular flexibility index (Phi) is 2.33. The van der Waals surface area contributed by atoms with Crippen LogP contribution in [0.1, 0.15) is 0 Å². The van der Waals surface area contributed by atoms with E-state index in [0.717, 1.165) is 11.1 Å². The van der Waals surface area contributed by atoms with Gasteiger partial charge in [-0.3, -0.25) is 4.68 Å². The molecule has 0 saturated carbocycles. The number of hydrogen-bond donors (Lipinski definition) is 1. The number of benzene rings is 1. The van der Waals surface area contributed by atoms with Crippen LogP contribution < -0.4 is 5.73 Å². The summed E-state index contributed by atoms with van der Waals surface area (Å²) in [5.41, 5.74) is 7.99. The summed E-state index contributed by atoms with van der Waals surface area (Å²) in [4.78, 5) is 4.32. The number of aryl methyl sites for hydroxylation is 1. The summed E-state index contributed by atoms with van der Waals surface area (Å²) in [5, 5.41) is 8.00. The summed E-state index contributed by atoms with van der Waals surface area (Å²) in [5.74, 6) is 0.990. The maximum Gasteiger partial charge on any atom is 0.261 e. The Balaban J connectivity index is 1.96. The predicted molar refractivity (Wildman–Crippen MR) is 66.3 cm³/mol. The molecule has 1 aromatic carbocycles. The van der Waals surface area contributed by atoms with Crippen molar-refractivity contribution in [3.8, 4) is 22.8 Å². The first kappa shape index (κ1) is 10.5. The molecule has 0 unspecified atom stereocenters. The van der Waals surface area contributed by atoms with Gasteiger partial charge in [0.25, 0.3) is 5.89 Å². The molecule has 0 fully saturated rings. The first-order valence-corrected chi connectivity index (χ1v) is 5.41. The third-order valence-corrected chi connectivity index (χ3v) is 2.55. The van der Waals surface area contributed by atoms with Crippen molar-refractivity contribution in [1.29, 1.82) is 0 Å². The standard InChI is InChI=1S/C12H11N5O/c1-17-7-9(6-14-17)12-15-11(16-18-12)8-2-4-10(13)5-3-8/h2-7H,13H2,1H3. The van der Waals surface area contributed by atoms with Crippen molar-refractivity contribution in [2.75, 3.05) is 5.73 Å². The fourth-order valence-electron chi connectivity index (χ4n) is 1.62. The van der Waals surface area contributed by atoms with Gasteiger partial charge in [-0.05, 0) is 24.3 Å². The molecule has 0 aliphatic rings. The fourth-order valence-corrected chi connectivity index (χ4v) is 1.62. The van der Waals surface area contributed by atoms with E-state index in [0.29, 0.717) is 17.4 Å². The van der Waals surface area contributed by atoms with Gasteiger partial charge in [-0.25, -0.2) is 0 Å². The summed E-state index contributed by atoms with van der Waals surface area (Å²) in [6.45, 7) is 0. The van der Waals surface area contributed by atoms with Gasteiger partial charge in [0.15, 0.2) is 0 Å². The topological polar surface area (TPSA) is 82.8 Å². The lowest BCUT2D eigenvalue weighted by atomic mass is 10.2. The lowest BCUT2D eigenvalue weighted by Crippen LogP contribution is -1.85. The predicted octanol–water partition coefficient (Wildman–Crippen LogP) is 1.72. The molecule has 18 heavy (non-hydrogen) atoms. The lowest BCUT2D eigenvalue weighted by molar-refractivity contribution is 0.432. The Morgan fingerprint density at radius 2 is 1.94 bits per heavy atom. The summed E-state index contributed by atoms with van der Waals surface area (Å²) in [6, 6.07) is 7.31. The number of aromatic nitrogens is 4. The Labute approximate surface area is 103 Å². The van der Waals surface area contributed by atoms with E-state index in [2.05, 4.69) is 15.2 Å². The van der Waals surface area contributed by atoms with Gasteiger partial charge in [0.1, 0.15) is 0 Å². The van der Waals surface area contributed by atoms with Crippen LogP contribution in [0.4, 0.5) is 5.69 Å². The van der Waals surface area contributed by atoms with E-state index in [4.69, 9.17) is 10.3 Å². The lowest BCUT2D eigenvalue weighted by Gasteiger charge is -1.94. The second-order valence-corrected chi connectivity index (χ2v) is 3.95. The van der Waals surface area contributed by atoms with Gasteiger partial charge >= 0.3 is 0 Å². The number of nitrogens with two attached hydrogens (primary N) is 1. The van der Waals surface area contributed by atoms with E-state index in [-0.39, 0.29) is 0 Å². The molecule has 0 radical (unpaired) electrons. The van der Waals surface area contributed by atoms with Crippen LogP contribution in [-0.4, -0.2) is 19.9 Å². The molecule has 3 rings (SSSR count). The highest BCUT2D eigenvalue weighted by Crippen LogP contribution is 2.22. The highest BCUT2D eigenvalue weighted by molar-refractivity contribution is 5.61. The molecule has 0 aliphatic carbocycles. The third kappa shape index (κ3) is 1.84. The maximum absolute atomic E-state index is 5.63. The van der Waals surface area contributed by atoms with Crippen LogP contribution >= 0.6 is 0 Å². The molecule has 6 nitrogen and oxygen atoms in total. The first-order valence-electron chi connectivity index (χ1n) is 5.41. The molecule has 0 atom stereocenters. The Morgan fingerprint density at radius 3 is 2.61 bits per heavy atom. The highest BCUT2D eigenvalue weighted by atomic mass is 16.5. The number of anilines is 1. The summed E-state index contributed by atoms with van der Waals surface area (Å²) in [7, 11) is 1.83. The number of nitrogens with zero attached hydrogens (tertiary/aromatic N) is 4. The van der Waals surface area contributed by atoms with Gasteiger partial charge in [0, 0.05) is 24.5 Å². The molecule has 0 bridgehead atoms. The van der Waals surface area contributed by atoms with E-state index < -0.39 is 0 Å². The van der Waals surface area contributed by atoms with E-state index >= 15 is 0 Å². The average molecular weight is 241 g/mol. The van der Waals surface area contributed by atoms with E-state index in [1.165, 1.54) is 0 Å². The van der Waals surface area contributed by atoms with Crippen LogP contribution in [0.3, 0.4) is 0 Å². The minimum Gasteiger partial charge on any atom is -0.399 e. The second-order valence-electron chi connectivity index (χ2n) is 3.95. The van der Waals surface area contributed by atoms with E-state index in [9.17, 15) is 0 Å². The van der Waals surface area contributed by atoms with Crippen LogP contribution in [0.2, 0.25) is 0 Å². The molecule has 0 amide bonds. The van der Waals surface area contributed by atoms with Gasteiger partial charge in [-0.15, -0.1) is 0 Å². The molecule has 0 spiro atoms. The monoisotopic (exact) mass is 241 g/mol. The maximum atomic E-state index is 5.63. The van der Waals surface area contributed by atoms with Crippen molar-refractivity contribution in [3.63, 3.8) is 0 Å². The van der Waals surface area contributed by atoms with Gasteiger partial charge in [0.2, 0.25) is 5.82 Å². The van der Waals surface area contributed by atoms with Crippen molar-refractivity contribution in [3.05, 3.63) is 36.7 Å².